The molecule has 1 N–H and O–H groups in total. The van der Waals surface area contributed by atoms with Crippen molar-refractivity contribution in [2.75, 3.05) is 32.1 Å². The second kappa shape index (κ2) is 8.19. The van der Waals surface area contributed by atoms with E-state index in [2.05, 4.69) is 15.3 Å². The quantitative estimate of drug-likeness (QED) is 0.765. The van der Waals surface area contributed by atoms with Crippen LogP contribution in [0.15, 0.2) is 29.2 Å². The highest BCUT2D eigenvalue weighted by molar-refractivity contribution is 7.89. The predicted octanol–water partition coefficient (Wildman–Crippen LogP) is 2.85. The van der Waals surface area contributed by atoms with Gasteiger partial charge in [0.1, 0.15) is 33.8 Å². The first-order chi connectivity index (χ1) is 13.6. The van der Waals surface area contributed by atoms with Crippen LogP contribution < -0.4 is 10.1 Å². The van der Waals surface area contributed by atoms with Gasteiger partial charge in [-0.25, -0.2) is 27.2 Å². The zero-order valence-corrected chi connectivity index (χ0v) is 17.4. The molecular weight excluding hydrogens is 402 g/mol. The summed E-state index contributed by atoms with van der Waals surface area (Å²) in [5, 5.41) is 2.98. The summed E-state index contributed by atoms with van der Waals surface area (Å²) < 4.78 is 60.9. The molecule has 0 bridgehead atoms. The third kappa shape index (κ3) is 4.81. The topological polar surface area (TPSA) is 84.4 Å². The highest BCUT2D eigenvalue weighted by Gasteiger charge is 2.39. The van der Waals surface area contributed by atoms with Crippen LogP contribution in [0.5, 0.6) is 5.75 Å². The maximum atomic E-state index is 15.2. The third-order valence-corrected chi connectivity index (χ3v) is 6.83. The van der Waals surface area contributed by atoms with E-state index < -0.39 is 21.5 Å². The molecule has 1 aliphatic rings. The minimum absolute atomic E-state index is 0.0119. The first kappa shape index (κ1) is 21.4. The Balaban J connectivity index is 1.68. The van der Waals surface area contributed by atoms with Gasteiger partial charge < -0.3 is 10.1 Å². The summed E-state index contributed by atoms with van der Waals surface area (Å²) in [6, 6.07) is 5.04. The van der Waals surface area contributed by atoms with E-state index in [-0.39, 0.29) is 43.1 Å². The average molecular weight is 426 g/mol. The van der Waals surface area contributed by atoms with E-state index in [1.165, 1.54) is 17.5 Å². The van der Waals surface area contributed by atoms with Crippen molar-refractivity contribution in [1.82, 2.24) is 14.3 Å². The second-order valence-corrected chi connectivity index (χ2v) is 9.05. The molecule has 2 heterocycles. The van der Waals surface area contributed by atoms with E-state index >= 15 is 4.39 Å². The lowest BCUT2D eigenvalue weighted by atomic mass is 9.94. The van der Waals surface area contributed by atoms with Crippen molar-refractivity contribution in [2.45, 2.75) is 37.3 Å². The Hall–Kier alpha value is -2.33. The number of ether oxygens (including phenoxy) is 1. The zero-order valence-electron chi connectivity index (χ0n) is 16.6. The summed E-state index contributed by atoms with van der Waals surface area (Å²) >= 11 is 0. The molecule has 1 aromatic carbocycles. The number of nitrogens with zero attached hydrogens (tertiary/aromatic N) is 3. The van der Waals surface area contributed by atoms with Crippen molar-refractivity contribution in [2.24, 2.45) is 0 Å². The number of methoxy groups -OCH3 is 1. The maximum Gasteiger partial charge on any atom is 0.246 e. The molecule has 1 aromatic heterocycles. The van der Waals surface area contributed by atoms with E-state index in [9.17, 15) is 12.8 Å². The molecular formula is C19H24F2N4O3S. The van der Waals surface area contributed by atoms with E-state index in [0.717, 1.165) is 17.8 Å². The van der Waals surface area contributed by atoms with Crippen molar-refractivity contribution in [1.29, 1.82) is 0 Å². The van der Waals surface area contributed by atoms with Gasteiger partial charge >= 0.3 is 0 Å². The summed E-state index contributed by atoms with van der Waals surface area (Å²) in [4.78, 5) is 8.15. The van der Waals surface area contributed by atoms with Crippen LogP contribution in [-0.2, 0) is 10.0 Å². The van der Waals surface area contributed by atoms with Gasteiger partial charge in [0.05, 0.1) is 13.7 Å². The second-order valence-electron chi connectivity index (χ2n) is 7.15. The van der Waals surface area contributed by atoms with Gasteiger partial charge in [-0.05, 0) is 44.9 Å². The molecule has 1 saturated heterocycles. The Kier molecular flexibility index (Phi) is 6.04. The molecule has 0 spiro atoms. The van der Waals surface area contributed by atoms with Gasteiger partial charge in [0.25, 0.3) is 0 Å². The number of halogens is 2. The van der Waals surface area contributed by atoms with E-state index in [0.29, 0.717) is 11.6 Å². The molecule has 0 radical (unpaired) electrons. The minimum atomic E-state index is -4.00. The Bertz CT molecular complexity index is 973. The van der Waals surface area contributed by atoms with Gasteiger partial charge in [-0.2, -0.15) is 4.31 Å². The number of alkyl halides is 1. The van der Waals surface area contributed by atoms with Gasteiger partial charge in [-0.1, -0.05) is 0 Å². The molecule has 1 fully saturated rings. The molecule has 7 nitrogen and oxygen atoms in total. The Morgan fingerprint density at radius 3 is 2.52 bits per heavy atom. The average Bonchev–Trinajstić information content (AvgIpc) is 2.66. The van der Waals surface area contributed by atoms with Gasteiger partial charge in [0.2, 0.25) is 10.0 Å². The smallest absolute Gasteiger partial charge is 0.246 e. The number of sulfonamides is 1. The van der Waals surface area contributed by atoms with Crippen LogP contribution in [0.1, 0.15) is 24.4 Å². The first-order valence-electron chi connectivity index (χ1n) is 9.22. The normalized spacial score (nSPS) is 17.1. The summed E-state index contributed by atoms with van der Waals surface area (Å²) in [6.45, 7) is 3.58. The first-order valence-corrected chi connectivity index (χ1v) is 10.7. The molecule has 0 saturated carbocycles. The molecule has 3 rings (SSSR count). The predicted molar refractivity (Wildman–Crippen MR) is 105 cm³/mol. The van der Waals surface area contributed by atoms with Gasteiger partial charge in [-0.3, -0.25) is 0 Å². The van der Waals surface area contributed by atoms with Crippen molar-refractivity contribution in [3.05, 3.63) is 41.6 Å². The van der Waals surface area contributed by atoms with E-state index in [1.807, 2.05) is 6.92 Å². The summed E-state index contributed by atoms with van der Waals surface area (Å²) in [5.41, 5.74) is -0.803. The number of hydrogen-bond donors (Lipinski definition) is 1. The lowest BCUT2D eigenvalue weighted by Crippen LogP contribution is -2.47. The zero-order chi connectivity index (χ0) is 21.2. The highest BCUT2D eigenvalue weighted by Crippen LogP contribution is 2.33. The van der Waals surface area contributed by atoms with Gasteiger partial charge in [-0.15, -0.1) is 0 Å². The van der Waals surface area contributed by atoms with Gasteiger partial charge in [0, 0.05) is 24.8 Å². The monoisotopic (exact) mass is 426 g/mol. The lowest BCUT2D eigenvalue weighted by molar-refractivity contribution is 0.102. The molecule has 0 aliphatic carbocycles. The molecule has 1 aliphatic heterocycles. The number of rotatable bonds is 6. The van der Waals surface area contributed by atoms with Crippen LogP contribution >= 0.6 is 0 Å². The van der Waals surface area contributed by atoms with Crippen LogP contribution in [0.4, 0.5) is 14.6 Å². The van der Waals surface area contributed by atoms with Crippen LogP contribution in [0.25, 0.3) is 0 Å². The Morgan fingerprint density at radius 2 is 1.90 bits per heavy atom. The largest absolute Gasteiger partial charge is 0.495 e. The number of piperidine rings is 1. The lowest BCUT2D eigenvalue weighted by Gasteiger charge is -2.36. The fourth-order valence-electron chi connectivity index (χ4n) is 3.35. The third-order valence-electron chi connectivity index (χ3n) is 4.91. The van der Waals surface area contributed by atoms with Crippen molar-refractivity contribution in [3.63, 3.8) is 0 Å². The fraction of sp³-hybridized carbons (Fsp3) is 0.474. The number of benzene rings is 1. The molecule has 2 aromatic rings. The SMILES string of the molecule is COc1ccc(F)cc1S(=O)(=O)N1CCC(F)(CNc2cc(C)nc(C)n2)CC1. The number of hydrogen-bond acceptors (Lipinski definition) is 6. The molecule has 158 valence electrons. The summed E-state index contributed by atoms with van der Waals surface area (Å²) in [6.07, 6.45) is 0.0276. The fourth-order valence-corrected chi connectivity index (χ4v) is 4.96. The Morgan fingerprint density at radius 1 is 1.21 bits per heavy atom. The van der Waals surface area contributed by atoms with Crippen LogP contribution in [-0.4, -0.2) is 55.1 Å². The molecule has 29 heavy (non-hydrogen) atoms. The van der Waals surface area contributed by atoms with Gasteiger partial charge in [0.15, 0.2) is 0 Å². The number of aryl methyl sites for hydroxylation is 2. The summed E-state index contributed by atoms with van der Waals surface area (Å²) in [7, 11) is -2.68. The highest BCUT2D eigenvalue weighted by atomic mass is 32.2. The van der Waals surface area contributed by atoms with Crippen molar-refractivity contribution >= 4 is 15.8 Å². The molecule has 10 heteroatoms. The summed E-state index contributed by atoms with van der Waals surface area (Å²) in [5.74, 6) is 0.498. The molecule has 0 atom stereocenters. The van der Waals surface area contributed by atoms with Crippen molar-refractivity contribution < 1.29 is 21.9 Å². The van der Waals surface area contributed by atoms with Crippen LogP contribution in [0.2, 0.25) is 0 Å². The van der Waals surface area contributed by atoms with E-state index in [1.54, 1.807) is 13.0 Å². The number of nitrogens with one attached hydrogen (secondary N) is 1. The molecule has 0 unspecified atom stereocenters. The maximum absolute atomic E-state index is 15.2. The van der Waals surface area contributed by atoms with Crippen molar-refractivity contribution in [3.8, 4) is 5.75 Å². The number of anilines is 1. The van der Waals surface area contributed by atoms with Crippen LogP contribution in [0.3, 0.4) is 0 Å². The van der Waals surface area contributed by atoms with E-state index in [4.69, 9.17) is 4.74 Å². The standard InChI is InChI=1S/C19H24F2N4O3S/c1-13-10-18(24-14(2)23-13)22-12-19(21)6-8-25(9-7-19)29(26,27)17-11-15(20)4-5-16(17)28-3/h4-5,10-11H,6-9,12H2,1-3H3,(H,22,23,24). The van der Waals surface area contributed by atoms with Crippen LogP contribution in [0, 0.1) is 19.7 Å². The number of aromatic nitrogens is 2. The minimum Gasteiger partial charge on any atom is -0.495 e. The Labute approximate surface area is 169 Å². The molecule has 0 amide bonds.